The molecule has 0 radical (unpaired) electrons. The lowest BCUT2D eigenvalue weighted by molar-refractivity contribution is 0.663. The van der Waals surface area contributed by atoms with E-state index in [4.69, 9.17) is 18.8 Å². The van der Waals surface area contributed by atoms with Gasteiger partial charge < -0.3 is 8.83 Å². The van der Waals surface area contributed by atoms with Crippen molar-refractivity contribution in [2.75, 3.05) is 0 Å². The molecular formula is C44H24N2O2. The smallest absolute Gasteiger partial charge is 0.147 e. The quantitative estimate of drug-likeness (QED) is 0.182. The monoisotopic (exact) mass is 612 g/mol. The molecule has 0 saturated carbocycles. The predicted octanol–water partition coefficient (Wildman–Crippen LogP) is 12.2. The second-order valence-corrected chi connectivity index (χ2v) is 12.4. The molecule has 0 spiro atoms. The molecule has 11 aromatic rings. The molecule has 0 aliphatic rings. The molecule has 48 heavy (non-hydrogen) atoms. The van der Waals surface area contributed by atoms with E-state index < -0.39 is 0 Å². The molecule has 0 unspecified atom stereocenters. The summed E-state index contributed by atoms with van der Waals surface area (Å²) >= 11 is 0. The van der Waals surface area contributed by atoms with Crippen molar-refractivity contribution in [2.24, 2.45) is 0 Å². The van der Waals surface area contributed by atoms with E-state index in [1.165, 1.54) is 10.8 Å². The maximum absolute atomic E-state index is 6.82. The van der Waals surface area contributed by atoms with Crippen molar-refractivity contribution >= 4 is 87.2 Å². The van der Waals surface area contributed by atoms with Crippen LogP contribution < -0.4 is 0 Å². The summed E-state index contributed by atoms with van der Waals surface area (Å²) in [4.78, 5) is 10.4. The average Bonchev–Trinajstić information content (AvgIpc) is 3.73. The fourth-order valence-electron chi connectivity index (χ4n) is 7.79. The van der Waals surface area contributed by atoms with E-state index in [-0.39, 0.29) is 0 Å². The molecule has 0 N–H and O–H groups in total. The predicted molar refractivity (Wildman–Crippen MR) is 197 cm³/mol. The van der Waals surface area contributed by atoms with Gasteiger partial charge in [-0.1, -0.05) is 121 Å². The van der Waals surface area contributed by atoms with Gasteiger partial charge in [0.1, 0.15) is 22.3 Å². The highest BCUT2D eigenvalue weighted by Crippen LogP contribution is 2.44. The van der Waals surface area contributed by atoms with Gasteiger partial charge in [0, 0.05) is 38.1 Å². The Kier molecular flexibility index (Phi) is 5.08. The number of furan rings is 2. The third-order valence-electron chi connectivity index (χ3n) is 9.92. The summed E-state index contributed by atoms with van der Waals surface area (Å²) in [5, 5.41) is 11.1. The molecule has 0 atom stereocenters. The molecule has 8 aromatic carbocycles. The normalized spacial score (nSPS) is 12.2. The topological polar surface area (TPSA) is 52.1 Å². The minimum Gasteiger partial charge on any atom is -0.456 e. The summed E-state index contributed by atoms with van der Waals surface area (Å²) < 4.78 is 13.0. The van der Waals surface area contributed by atoms with Crippen LogP contribution in [0.15, 0.2) is 155 Å². The molecule has 3 aromatic heterocycles. The zero-order valence-electron chi connectivity index (χ0n) is 25.6. The number of hydrogen-bond acceptors (Lipinski definition) is 4. The van der Waals surface area contributed by atoms with E-state index >= 15 is 0 Å². The second-order valence-electron chi connectivity index (χ2n) is 12.4. The molecule has 0 bridgehead atoms. The first-order chi connectivity index (χ1) is 23.8. The molecule has 4 nitrogen and oxygen atoms in total. The van der Waals surface area contributed by atoms with Crippen molar-refractivity contribution < 1.29 is 8.83 Å². The van der Waals surface area contributed by atoms with Crippen LogP contribution in [0, 0.1) is 0 Å². The maximum atomic E-state index is 6.82. The molecule has 0 amide bonds. The van der Waals surface area contributed by atoms with Crippen LogP contribution in [0.3, 0.4) is 0 Å². The van der Waals surface area contributed by atoms with Crippen LogP contribution in [0.2, 0.25) is 0 Å². The van der Waals surface area contributed by atoms with E-state index in [1.54, 1.807) is 0 Å². The van der Waals surface area contributed by atoms with E-state index in [0.717, 1.165) is 98.8 Å². The van der Waals surface area contributed by atoms with Crippen molar-refractivity contribution in [3.63, 3.8) is 0 Å². The first-order valence-electron chi connectivity index (χ1n) is 16.2. The third-order valence-corrected chi connectivity index (χ3v) is 9.92. The van der Waals surface area contributed by atoms with Crippen molar-refractivity contribution in [2.45, 2.75) is 0 Å². The first-order valence-corrected chi connectivity index (χ1v) is 16.2. The number of para-hydroxylation sites is 2. The van der Waals surface area contributed by atoms with Crippen molar-refractivity contribution in [3.8, 4) is 22.4 Å². The Labute approximate surface area is 273 Å². The maximum Gasteiger partial charge on any atom is 0.147 e. The minimum atomic E-state index is 0.830. The van der Waals surface area contributed by atoms with Crippen LogP contribution in [0.1, 0.15) is 0 Å². The Morgan fingerprint density at radius 3 is 1.75 bits per heavy atom. The molecular weight excluding hydrogens is 588 g/mol. The molecule has 0 aliphatic heterocycles. The lowest BCUT2D eigenvalue weighted by Gasteiger charge is -2.13. The van der Waals surface area contributed by atoms with Crippen LogP contribution in [-0.2, 0) is 0 Å². The summed E-state index contributed by atoms with van der Waals surface area (Å²) in [5.74, 6) is 0. The summed E-state index contributed by atoms with van der Waals surface area (Å²) in [7, 11) is 0. The van der Waals surface area contributed by atoms with Crippen molar-refractivity contribution in [1.29, 1.82) is 0 Å². The van der Waals surface area contributed by atoms with Gasteiger partial charge in [-0.3, -0.25) is 4.98 Å². The molecule has 0 aliphatic carbocycles. The Hall–Kier alpha value is -6.52. The van der Waals surface area contributed by atoms with Crippen molar-refractivity contribution in [1.82, 2.24) is 9.97 Å². The van der Waals surface area contributed by atoms with Gasteiger partial charge in [0.2, 0.25) is 0 Å². The molecule has 0 saturated heterocycles. The highest BCUT2D eigenvalue weighted by atomic mass is 16.3. The first kappa shape index (κ1) is 25.6. The van der Waals surface area contributed by atoms with Crippen LogP contribution in [-0.4, -0.2) is 9.97 Å². The fraction of sp³-hybridized carbons (Fsp3) is 0. The average molecular weight is 613 g/mol. The van der Waals surface area contributed by atoms with Gasteiger partial charge in [-0.2, -0.15) is 0 Å². The lowest BCUT2D eigenvalue weighted by Crippen LogP contribution is -1.93. The van der Waals surface area contributed by atoms with Crippen molar-refractivity contribution in [3.05, 3.63) is 146 Å². The van der Waals surface area contributed by atoms with Crippen LogP contribution in [0.5, 0.6) is 0 Å². The summed E-state index contributed by atoms with van der Waals surface area (Å²) in [6, 6.07) is 48.6. The van der Waals surface area contributed by atoms with Gasteiger partial charge in [-0.25, -0.2) is 4.98 Å². The van der Waals surface area contributed by atoms with Gasteiger partial charge >= 0.3 is 0 Å². The summed E-state index contributed by atoms with van der Waals surface area (Å²) in [6.07, 6.45) is 1.92. The summed E-state index contributed by atoms with van der Waals surface area (Å²) in [6.45, 7) is 0. The molecule has 3 heterocycles. The Bertz CT molecular complexity index is 3100. The molecule has 4 heteroatoms. The number of nitrogens with zero attached hydrogens (tertiary/aromatic N) is 2. The van der Waals surface area contributed by atoms with Crippen LogP contribution in [0.4, 0.5) is 0 Å². The van der Waals surface area contributed by atoms with E-state index in [2.05, 4.69) is 121 Å². The SMILES string of the molecule is c1ccc2c(c1)oc1ccc3c4cccc(-c5ccc(-c6cnc7c8ccccc8c8ccccc8c7n6)c6ccccc56)c4oc3c12. The second kappa shape index (κ2) is 9.50. The van der Waals surface area contributed by atoms with Crippen LogP contribution in [0.25, 0.3) is 110 Å². The number of aromatic nitrogens is 2. The van der Waals surface area contributed by atoms with E-state index in [1.807, 2.05) is 24.4 Å². The Morgan fingerprint density at radius 1 is 0.354 bits per heavy atom. The summed E-state index contributed by atoms with van der Waals surface area (Å²) in [5.41, 5.74) is 9.30. The van der Waals surface area contributed by atoms with Gasteiger partial charge in [0.05, 0.1) is 28.3 Å². The molecule has 222 valence electrons. The van der Waals surface area contributed by atoms with E-state index in [0.29, 0.717) is 0 Å². The Morgan fingerprint density at radius 2 is 0.958 bits per heavy atom. The fourth-order valence-corrected chi connectivity index (χ4v) is 7.79. The standard InChI is InChI=1S/C44H24N2O2/c1-2-11-26-25(10-1)29(33-17-9-18-34-35-22-23-39-40(44(35)48-43(33)34)36-16-7-8-19-38(36)47-39)20-21-30(26)37-24-45-41-31-14-5-3-12-27(31)28-13-4-6-15-32(28)42(41)46-37/h1-24H. The highest BCUT2D eigenvalue weighted by molar-refractivity contribution is 6.25. The largest absolute Gasteiger partial charge is 0.456 e. The van der Waals surface area contributed by atoms with Gasteiger partial charge in [-0.15, -0.1) is 0 Å². The van der Waals surface area contributed by atoms with Gasteiger partial charge in [0.25, 0.3) is 0 Å². The third kappa shape index (κ3) is 3.43. The minimum absolute atomic E-state index is 0.830. The number of fused-ring (bicyclic) bond motifs is 14. The highest BCUT2D eigenvalue weighted by Gasteiger charge is 2.20. The zero-order valence-corrected chi connectivity index (χ0v) is 25.6. The number of hydrogen-bond donors (Lipinski definition) is 0. The zero-order chi connectivity index (χ0) is 31.3. The number of benzene rings is 8. The van der Waals surface area contributed by atoms with Gasteiger partial charge in [-0.05, 0) is 45.3 Å². The Balaban J connectivity index is 1.15. The van der Waals surface area contributed by atoms with E-state index in [9.17, 15) is 0 Å². The molecule has 0 fully saturated rings. The number of rotatable bonds is 2. The molecule has 11 rings (SSSR count). The van der Waals surface area contributed by atoms with Crippen LogP contribution >= 0.6 is 0 Å². The van der Waals surface area contributed by atoms with Gasteiger partial charge in [0.15, 0.2) is 0 Å². The lowest BCUT2D eigenvalue weighted by atomic mass is 9.93.